The van der Waals surface area contributed by atoms with Crippen LogP contribution in [0.3, 0.4) is 0 Å². The molecule has 0 atom stereocenters. The van der Waals surface area contributed by atoms with Gasteiger partial charge in [-0.05, 0) is 31.5 Å². The van der Waals surface area contributed by atoms with Gasteiger partial charge in [0, 0.05) is 29.6 Å². The van der Waals surface area contributed by atoms with Gasteiger partial charge in [0.25, 0.3) is 0 Å². The van der Waals surface area contributed by atoms with Gasteiger partial charge in [-0.25, -0.2) is 0 Å². The van der Waals surface area contributed by atoms with E-state index < -0.39 is 0 Å². The number of benzene rings is 1. The summed E-state index contributed by atoms with van der Waals surface area (Å²) in [7, 11) is 0. The number of nitrogens with one attached hydrogen (secondary N) is 2. The number of hydrogen-bond acceptors (Lipinski definition) is 2. The predicted octanol–water partition coefficient (Wildman–Crippen LogP) is 2.52. The molecule has 1 aromatic carbocycles. The Kier molecular flexibility index (Phi) is 3.79. The Morgan fingerprint density at radius 1 is 1.29 bits per heavy atom. The zero-order valence-corrected chi connectivity index (χ0v) is 10.1. The zero-order valence-electron chi connectivity index (χ0n) is 10.1. The maximum absolute atomic E-state index is 8.44. The molecule has 2 aromatic rings. The van der Waals surface area contributed by atoms with Crippen LogP contribution in [-0.4, -0.2) is 18.1 Å². The Labute approximate surface area is 101 Å². The van der Waals surface area contributed by atoms with Crippen molar-refractivity contribution >= 4 is 10.9 Å². The van der Waals surface area contributed by atoms with E-state index in [1.165, 1.54) is 22.2 Å². The lowest BCUT2D eigenvalue weighted by molar-refractivity contribution is 0.692. The number of aryl methyl sites for hydroxylation is 1. The Hall–Kier alpha value is -1.79. The highest BCUT2D eigenvalue weighted by Crippen LogP contribution is 2.21. The lowest BCUT2D eigenvalue weighted by Gasteiger charge is -2.03. The second-order valence-corrected chi connectivity index (χ2v) is 4.18. The van der Waals surface area contributed by atoms with Crippen LogP contribution >= 0.6 is 0 Å². The van der Waals surface area contributed by atoms with Crippen LogP contribution in [0, 0.1) is 18.3 Å². The van der Waals surface area contributed by atoms with Crippen molar-refractivity contribution in [3.63, 3.8) is 0 Å². The van der Waals surface area contributed by atoms with E-state index in [4.69, 9.17) is 5.26 Å². The highest BCUT2D eigenvalue weighted by atomic mass is 14.8. The Balaban J connectivity index is 2.03. The van der Waals surface area contributed by atoms with Crippen LogP contribution in [0.1, 0.15) is 17.7 Å². The van der Waals surface area contributed by atoms with Crippen molar-refractivity contribution in [2.75, 3.05) is 13.1 Å². The minimum absolute atomic E-state index is 0.576. The van der Waals surface area contributed by atoms with Crippen molar-refractivity contribution in [2.45, 2.75) is 19.8 Å². The molecule has 0 saturated heterocycles. The van der Waals surface area contributed by atoms with Gasteiger partial charge in [-0.3, -0.25) is 0 Å². The molecule has 0 aliphatic rings. The molecule has 88 valence electrons. The summed E-state index contributed by atoms with van der Waals surface area (Å²) in [6.45, 7) is 3.81. The van der Waals surface area contributed by atoms with E-state index in [9.17, 15) is 0 Å². The lowest BCUT2D eigenvalue weighted by Crippen LogP contribution is -2.18. The fourth-order valence-corrected chi connectivity index (χ4v) is 2.14. The van der Waals surface area contributed by atoms with Gasteiger partial charge in [0.05, 0.1) is 6.07 Å². The topological polar surface area (TPSA) is 51.6 Å². The first-order chi connectivity index (χ1) is 8.33. The molecule has 0 spiro atoms. The Morgan fingerprint density at radius 2 is 2.12 bits per heavy atom. The number of nitrogens with zero attached hydrogens (tertiary/aromatic N) is 1. The van der Waals surface area contributed by atoms with Crippen molar-refractivity contribution in [3.8, 4) is 6.07 Å². The average molecular weight is 227 g/mol. The molecular weight excluding hydrogens is 210 g/mol. The molecule has 0 fully saturated rings. The minimum atomic E-state index is 0.576. The second-order valence-electron chi connectivity index (χ2n) is 4.18. The zero-order chi connectivity index (χ0) is 12.1. The third-order valence-electron chi connectivity index (χ3n) is 2.99. The molecular formula is C14H17N3. The van der Waals surface area contributed by atoms with E-state index in [2.05, 4.69) is 41.5 Å². The molecule has 2 rings (SSSR count). The van der Waals surface area contributed by atoms with E-state index in [1.807, 2.05) is 6.07 Å². The largest absolute Gasteiger partial charge is 0.358 e. The number of nitriles is 1. The fourth-order valence-electron chi connectivity index (χ4n) is 2.14. The van der Waals surface area contributed by atoms with Crippen molar-refractivity contribution < 1.29 is 0 Å². The number of para-hydroxylation sites is 1. The summed E-state index contributed by atoms with van der Waals surface area (Å²) >= 11 is 0. The van der Waals surface area contributed by atoms with Gasteiger partial charge in [-0.2, -0.15) is 5.26 Å². The summed E-state index contributed by atoms with van der Waals surface area (Å²) in [5.41, 5.74) is 3.83. The lowest BCUT2D eigenvalue weighted by atomic mass is 10.1. The quantitative estimate of drug-likeness (QED) is 0.771. The summed E-state index contributed by atoms with van der Waals surface area (Å²) < 4.78 is 0. The van der Waals surface area contributed by atoms with Gasteiger partial charge in [0.2, 0.25) is 0 Å². The second kappa shape index (κ2) is 5.51. The summed E-state index contributed by atoms with van der Waals surface area (Å²) in [5, 5.41) is 13.0. The van der Waals surface area contributed by atoms with Crippen LogP contribution in [0.5, 0.6) is 0 Å². The van der Waals surface area contributed by atoms with Crippen LogP contribution in [0.4, 0.5) is 0 Å². The van der Waals surface area contributed by atoms with Crippen LogP contribution in [0.15, 0.2) is 24.3 Å². The van der Waals surface area contributed by atoms with E-state index in [0.29, 0.717) is 6.42 Å². The number of rotatable bonds is 5. The van der Waals surface area contributed by atoms with E-state index in [-0.39, 0.29) is 0 Å². The van der Waals surface area contributed by atoms with Gasteiger partial charge in [-0.15, -0.1) is 0 Å². The van der Waals surface area contributed by atoms with Gasteiger partial charge in [0.1, 0.15) is 0 Å². The summed E-state index contributed by atoms with van der Waals surface area (Å²) in [5.74, 6) is 0. The van der Waals surface area contributed by atoms with Gasteiger partial charge < -0.3 is 10.3 Å². The van der Waals surface area contributed by atoms with Crippen LogP contribution in [-0.2, 0) is 6.42 Å². The van der Waals surface area contributed by atoms with Crippen molar-refractivity contribution in [1.82, 2.24) is 10.3 Å². The number of H-pyrrole nitrogens is 1. The summed E-state index contributed by atoms with van der Waals surface area (Å²) in [6, 6.07) is 10.5. The van der Waals surface area contributed by atoms with Gasteiger partial charge in [0.15, 0.2) is 0 Å². The third kappa shape index (κ3) is 2.66. The van der Waals surface area contributed by atoms with Crippen molar-refractivity contribution in [1.29, 1.82) is 5.26 Å². The van der Waals surface area contributed by atoms with Crippen molar-refractivity contribution in [3.05, 3.63) is 35.5 Å². The van der Waals surface area contributed by atoms with Crippen LogP contribution in [0.2, 0.25) is 0 Å². The first-order valence-electron chi connectivity index (χ1n) is 5.97. The first-order valence-corrected chi connectivity index (χ1v) is 5.97. The molecule has 0 saturated carbocycles. The maximum Gasteiger partial charge on any atom is 0.0635 e. The molecule has 17 heavy (non-hydrogen) atoms. The monoisotopic (exact) mass is 227 g/mol. The number of hydrogen-bond donors (Lipinski definition) is 2. The molecule has 0 radical (unpaired) electrons. The molecule has 0 amide bonds. The number of aromatic amines is 1. The van der Waals surface area contributed by atoms with Gasteiger partial charge >= 0.3 is 0 Å². The smallest absolute Gasteiger partial charge is 0.0635 e. The summed E-state index contributed by atoms with van der Waals surface area (Å²) in [4.78, 5) is 3.40. The molecule has 1 heterocycles. The fraction of sp³-hybridized carbons (Fsp3) is 0.357. The maximum atomic E-state index is 8.44. The normalized spacial score (nSPS) is 10.6. The number of aromatic nitrogens is 1. The molecule has 0 aliphatic carbocycles. The third-order valence-corrected chi connectivity index (χ3v) is 2.99. The average Bonchev–Trinajstić information content (AvgIpc) is 2.65. The van der Waals surface area contributed by atoms with E-state index in [1.54, 1.807) is 0 Å². The Morgan fingerprint density at radius 3 is 2.94 bits per heavy atom. The molecule has 0 bridgehead atoms. The van der Waals surface area contributed by atoms with Gasteiger partial charge in [-0.1, -0.05) is 18.2 Å². The van der Waals surface area contributed by atoms with Crippen molar-refractivity contribution in [2.24, 2.45) is 0 Å². The molecule has 0 aliphatic heterocycles. The minimum Gasteiger partial charge on any atom is -0.358 e. The molecule has 3 nitrogen and oxygen atoms in total. The highest BCUT2D eigenvalue weighted by Gasteiger charge is 2.06. The summed E-state index contributed by atoms with van der Waals surface area (Å²) in [6.07, 6.45) is 1.58. The first kappa shape index (κ1) is 11.7. The highest BCUT2D eigenvalue weighted by molar-refractivity contribution is 5.84. The number of fused-ring (bicyclic) bond motifs is 1. The standard InChI is InChI=1S/C14H17N3/c1-11-12(7-10-16-9-4-8-15)13-5-2-3-6-14(13)17-11/h2-3,5-6,16-17H,4,7,9-10H2,1H3. The molecule has 2 N–H and O–H groups in total. The molecule has 0 unspecified atom stereocenters. The SMILES string of the molecule is Cc1[nH]c2ccccc2c1CCNCCC#N. The molecule has 1 aromatic heterocycles. The van der Waals surface area contributed by atoms with E-state index >= 15 is 0 Å². The predicted molar refractivity (Wildman–Crippen MR) is 69.8 cm³/mol. The van der Waals surface area contributed by atoms with E-state index in [0.717, 1.165) is 19.5 Å². The Bertz CT molecular complexity index is 534. The molecule has 3 heteroatoms. The van der Waals surface area contributed by atoms with Crippen LogP contribution in [0.25, 0.3) is 10.9 Å². The van der Waals surface area contributed by atoms with Crippen LogP contribution < -0.4 is 5.32 Å².